The Morgan fingerprint density at radius 3 is 2.53 bits per heavy atom. The molecular weight excluding hydrogens is 200 g/mol. The van der Waals surface area contributed by atoms with E-state index in [0.717, 1.165) is 0 Å². The summed E-state index contributed by atoms with van der Waals surface area (Å²) in [5, 5.41) is 0. The number of hydrogen-bond donors (Lipinski definition) is 1. The van der Waals surface area contributed by atoms with Gasteiger partial charge in [0.05, 0.1) is 13.2 Å². The molecular formula is C11H15F2NO. The number of hydrogen-bond acceptors (Lipinski definition) is 2. The van der Waals surface area contributed by atoms with Crippen LogP contribution in [-0.4, -0.2) is 19.1 Å². The normalized spacial score (nSPS) is 13.7. The largest absolute Gasteiger partial charge is 0.496 e. The maximum absolute atomic E-state index is 13.4. The van der Waals surface area contributed by atoms with E-state index in [4.69, 9.17) is 10.5 Å². The number of rotatable bonds is 4. The lowest BCUT2D eigenvalue weighted by Gasteiger charge is -2.21. The first-order valence-electron chi connectivity index (χ1n) is 4.72. The monoisotopic (exact) mass is 215 g/mol. The zero-order valence-corrected chi connectivity index (χ0v) is 8.84. The van der Waals surface area contributed by atoms with Crippen molar-refractivity contribution in [2.75, 3.05) is 7.11 Å². The highest BCUT2D eigenvalue weighted by atomic mass is 19.3. The average molecular weight is 215 g/mol. The van der Waals surface area contributed by atoms with Crippen molar-refractivity contribution in [1.29, 1.82) is 0 Å². The van der Waals surface area contributed by atoms with Gasteiger partial charge in [0.1, 0.15) is 5.75 Å². The molecule has 0 aliphatic carbocycles. The maximum atomic E-state index is 13.4. The van der Waals surface area contributed by atoms with Crippen molar-refractivity contribution in [3.05, 3.63) is 29.8 Å². The predicted octanol–water partition coefficient (Wildman–Crippen LogP) is 2.22. The van der Waals surface area contributed by atoms with Gasteiger partial charge in [-0.25, -0.2) is 8.78 Å². The summed E-state index contributed by atoms with van der Waals surface area (Å²) in [5.41, 5.74) is 5.69. The Bertz CT molecular complexity index is 326. The van der Waals surface area contributed by atoms with Crippen LogP contribution in [-0.2, 0) is 6.42 Å². The Kier molecular flexibility index (Phi) is 3.63. The molecule has 2 nitrogen and oxygen atoms in total. The second kappa shape index (κ2) is 4.57. The molecule has 1 atom stereocenters. The van der Waals surface area contributed by atoms with Crippen LogP contribution in [0.1, 0.15) is 12.5 Å². The molecule has 0 aliphatic rings. The molecule has 84 valence electrons. The molecule has 0 saturated carbocycles. The maximum Gasteiger partial charge on any atom is 0.266 e. The SMILES string of the molecule is COc1ccccc1CC(F)(F)C(C)N. The van der Waals surface area contributed by atoms with Gasteiger partial charge >= 0.3 is 0 Å². The summed E-state index contributed by atoms with van der Waals surface area (Å²) in [7, 11) is 1.46. The van der Waals surface area contributed by atoms with Crippen LogP contribution in [0.25, 0.3) is 0 Å². The van der Waals surface area contributed by atoms with Crippen molar-refractivity contribution < 1.29 is 13.5 Å². The van der Waals surface area contributed by atoms with Crippen LogP contribution in [0.3, 0.4) is 0 Å². The van der Waals surface area contributed by atoms with Crippen LogP contribution in [0.15, 0.2) is 24.3 Å². The van der Waals surface area contributed by atoms with E-state index in [-0.39, 0.29) is 0 Å². The van der Waals surface area contributed by atoms with Crippen LogP contribution in [0, 0.1) is 0 Å². The third kappa shape index (κ3) is 2.89. The van der Waals surface area contributed by atoms with E-state index in [1.807, 2.05) is 0 Å². The van der Waals surface area contributed by atoms with Crippen LogP contribution in [0.5, 0.6) is 5.75 Å². The Morgan fingerprint density at radius 2 is 2.00 bits per heavy atom. The van der Waals surface area contributed by atoms with Gasteiger partial charge < -0.3 is 10.5 Å². The molecule has 0 heterocycles. The van der Waals surface area contributed by atoms with Gasteiger partial charge in [-0.05, 0) is 13.0 Å². The minimum atomic E-state index is -2.91. The molecule has 2 N–H and O–H groups in total. The lowest BCUT2D eigenvalue weighted by atomic mass is 10.0. The first-order chi connectivity index (χ1) is 6.97. The highest BCUT2D eigenvalue weighted by Crippen LogP contribution is 2.27. The van der Waals surface area contributed by atoms with Gasteiger partial charge in [-0.3, -0.25) is 0 Å². The number of alkyl halides is 2. The summed E-state index contributed by atoms with van der Waals surface area (Å²) in [6, 6.07) is 5.56. The number of ether oxygens (including phenoxy) is 1. The number of nitrogens with two attached hydrogens (primary N) is 1. The van der Waals surface area contributed by atoms with Gasteiger partial charge in [0, 0.05) is 12.0 Å². The van der Waals surface area contributed by atoms with Crippen molar-refractivity contribution in [2.45, 2.75) is 25.3 Å². The Hall–Kier alpha value is -1.16. The molecule has 0 radical (unpaired) electrons. The molecule has 15 heavy (non-hydrogen) atoms. The summed E-state index contributed by atoms with van der Waals surface area (Å²) in [6.07, 6.45) is -0.394. The number of benzene rings is 1. The fourth-order valence-corrected chi connectivity index (χ4v) is 1.26. The Morgan fingerprint density at radius 1 is 1.40 bits per heavy atom. The Balaban J connectivity index is 2.89. The smallest absolute Gasteiger partial charge is 0.266 e. The molecule has 0 fully saturated rings. The van der Waals surface area contributed by atoms with Gasteiger partial charge in [-0.1, -0.05) is 18.2 Å². The molecule has 1 aromatic carbocycles. The van der Waals surface area contributed by atoms with Crippen molar-refractivity contribution >= 4 is 0 Å². The zero-order valence-electron chi connectivity index (χ0n) is 8.84. The topological polar surface area (TPSA) is 35.2 Å². The quantitative estimate of drug-likeness (QED) is 0.835. The second-order valence-electron chi connectivity index (χ2n) is 3.54. The molecule has 0 amide bonds. The molecule has 0 aliphatic heterocycles. The molecule has 1 unspecified atom stereocenters. The number of para-hydroxylation sites is 1. The molecule has 4 heteroatoms. The molecule has 0 aromatic heterocycles. The summed E-state index contributed by atoms with van der Waals surface area (Å²) in [6.45, 7) is 1.30. The predicted molar refractivity (Wildman–Crippen MR) is 55.3 cm³/mol. The van der Waals surface area contributed by atoms with E-state index >= 15 is 0 Å². The van der Waals surface area contributed by atoms with Crippen LogP contribution in [0.4, 0.5) is 8.78 Å². The van der Waals surface area contributed by atoms with Crippen molar-refractivity contribution in [3.8, 4) is 5.75 Å². The number of halogens is 2. The van der Waals surface area contributed by atoms with E-state index < -0.39 is 18.4 Å². The van der Waals surface area contributed by atoms with Gasteiger partial charge in [0.2, 0.25) is 0 Å². The third-order valence-corrected chi connectivity index (χ3v) is 2.28. The molecule has 0 spiro atoms. The molecule has 0 saturated heterocycles. The minimum absolute atomic E-state index is 0.394. The van der Waals surface area contributed by atoms with Crippen LogP contribution >= 0.6 is 0 Å². The second-order valence-corrected chi connectivity index (χ2v) is 3.54. The van der Waals surface area contributed by atoms with E-state index in [0.29, 0.717) is 11.3 Å². The van der Waals surface area contributed by atoms with Gasteiger partial charge in [0.25, 0.3) is 5.92 Å². The average Bonchev–Trinajstić information content (AvgIpc) is 2.18. The zero-order chi connectivity index (χ0) is 11.5. The summed E-state index contributed by atoms with van der Waals surface area (Å²) < 4.78 is 31.7. The number of methoxy groups -OCH3 is 1. The van der Waals surface area contributed by atoms with Crippen molar-refractivity contribution in [1.82, 2.24) is 0 Å². The van der Waals surface area contributed by atoms with Crippen molar-refractivity contribution in [2.24, 2.45) is 5.73 Å². The van der Waals surface area contributed by atoms with E-state index in [1.54, 1.807) is 24.3 Å². The van der Waals surface area contributed by atoms with Gasteiger partial charge in [0.15, 0.2) is 0 Å². The summed E-state index contributed by atoms with van der Waals surface area (Å²) >= 11 is 0. The highest BCUT2D eigenvalue weighted by Gasteiger charge is 2.34. The standard InChI is InChI=1S/C11H15F2NO/c1-8(14)11(12,13)7-9-5-3-4-6-10(9)15-2/h3-6,8H,7,14H2,1-2H3. The van der Waals surface area contributed by atoms with Gasteiger partial charge in [-0.15, -0.1) is 0 Å². The molecule has 0 bridgehead atoms. The molecule has 1 aromatic rings. The van der Waals surface area contributed by atoms with E-state index in [9.17, 15) is 8.78 Å². The minimum Gasteiger partial charge on any atom is -0.496 e. The van der Waals surface area contributed by atoms with E-state index in [2.05, 4.69) is 0 Å². The van der Waals surface area contributed by atoms with Gasteiger partial charge in [-0.2, -0.15) is 0 Å². The summed E-state index contributed by atoms with van der Waals surface area (Å²) in [4.78, 5) is 0. The molecule has 1 rings (SSSR count). The first-order valence-corrected chi connectivity index (χ1v) is 4.72. The summed E-state index contributed by atoms with van der Waals surface area (Å²) in [5.74, 6) is -2.44. The van der Waals surface area contributed by atoms with Crippen molar-refractivity contribution in [3.63, 3.8) is 0 Å². The third-order valence-electron chi connectivity index (χ3n) is 2.28. The van der Waals surface area contributed by atoms with Crippen LogP contribution < -0.4 is 10.5 Å². The fourth-order valence-electron chi connectivity index (χ4n) is 1.26. The Labute approximate surface area is 88.0 Å². The first kappa shape index (κ1) is 11.9. The lowest BCUT2D eigenvalue weighted by Crippen LogP contribution is -2.40. The van der Waals surface area contributed by atoms with E-state index in [1.165, 1.54) is 14.0 Å². The lowest BCUT2D eigenvalue weighted by molar-refractivity contribution is -0.0194. The van der Waals surface area contributed by atoms with Crippen LogP contribution in [0.2, 0.25) is 0 Å². The fraction of sp³-hybridized carbons (Fsp3) is 0.455. The highest BCUT2D eigenvalue weighted by molar-refractivity contribution is 5.34.